The molecule has 3 heterocycles. The molecular formula is C13H16N4O2S. The minimum atomic E-state index is -0.0761. The van der Waals surface area contributed by atoms with Crippen molar-refractivity contribution in [1.82, 2.24) is 15.1 Å². The minimum Gasteiger partial charge on any atom is -0.397 e. The summed E-state index contributed by atoms with van der Waals surface area (Å²) in [5.74, 6) is -0.0761. The van der Waals surface area contributed by atoms with E-state index in [9.17, 15) is 4.79 Å². The van der Waals surface area contributed by atoms with Gasteiger partial charge in [0.2, 0.25) is 0 Å². The highest BCUT2D eigenvalue weighted by atomic mass is 32.1. The summed E-state index contributed by atoms with van der Waals surface area (Å²) >= 11 is 1.29. The first-order chi connectivity index (χ1) is 9.59. The van der Waals surface area contributed by atoms with Gasteiger partial charge in [-0.1, -0.05) is 0 Å². The fraction of sp³-hybridized carbons (Fsp3) is 0.462. The Kier molecular flexibility index (Phi) is 3.31. The molecule has 2 aromatic heterocycles. The molecule has 7 heteroatoms. The molecule has 0 spiro atoms. The summed E-state index contributed by atoms with van der Waals surface area (Å²) in [7, 11) is 1.80. The number of carbonyl (C=O) groups excluding carboxylic acids is 1. The second-order valence-corrected chi connectivity index (χ2v) is 5.94. The van der Waals surface area contributed by atoms with Crippen molar-refractivity contribution >= 4 is 33.1 Å². The molecule has 0 bridgehead atoms. The van der Waals surface area contributed by atoms with Crippen molar-refractivity contribution < 1.29 is 9.53 Å². The van der Waals surface area contributed by atoms with Gasteiger partial charge in [-0.3, -0.25) is 4.79 Å². The number of fused-ring (bicyclic) bond motifs is 1. The predicted molar refractivity (Wildman–Crippen MR) is 77.7 cm³/mol. The summed E-state index contributed by atoms with van der Waals surface area (Å²) in [4.78, 5) is 15.6. The topological polar surface area (TPSA) is 81.3 Å². The molecular weight excluding hydrogens is 276 g/mol. The number of hydrogen-bond donors (Lipinski definition) is 1. The Bertz CT molecular complexity index is 657. The van der Waals surface area contributed by atoms with Gasteiger partial charge in [-0.2, -0.15) is 5.10 Å². The maximum Gasteiger partial charge on any atom is 0.266 e. The average Bonchev–Trinajstić information content (AvgIpc) is 3.02. The quantitative estimate of drug-likeness (QED) is 0.907. The number of ether oxygens (including phenoxy) is 1. The molecule has 0 radical (unpaired) electrons. The number of carbonyl (C=O) groups is 1. The van der Waals surface area contributed by atoms with Gasteiger partial charge in [-0.05, 0) is 19.4 Å². The van der Waals surface area contributed by atoms with Crippen LogP contribution in [-0.4, -0.2) is 46.8 Å². The van der Waals surface area contributed by atoms with Gasteiger partial charge in [0.05, 0.1) is 24.0 Å². The van der Waals surface area contributed by atoms with Crippen LogP contribution in [0.5, 0.6) is 0 Å². The lowest BCUT2D eigenvalue weighted by molar-refractivity contribution is 0.0579. The lowest BCUT2D eigenvalue weighted by Gasteiger charge is -2.26. The van der Waals surface area contributed by atoms with Crippen LogP contribution in [0.3, 0.4) is 0 Å². The molecule has 1 aliphatic rings. The molecule has 1 aliphatic heterocycles. The van der Waals surface area contributed by atoms with Gasteiger partial charge < -0.3 is 15.4 Å². The molecule has 3 rings (SSSR count). The molecule has 6 nitrogen and oxygen atoms in total. The summed E-state index contributed by atoms with van der Waals surface area (Å²) in [6, 6.07) is 1.88. The van der Waals surface area contributed by atoms with Crippen LogP contribution in [0.1, 0.15) is 23.0 Å². The normalized spacial score (nSPS) is 22.3. The Morgan fingerprint density at radius 1 is 1.60 bits per heavy atom. The van der Waals surface area contributed by atoms with Crippen LogP contribution in [0.25, 0.3) is 10.2 Å². The molecule has 2 aromatic rings. The zero-order valence-corrected chi connectivity index (χ0v) is 12.2. The third-order valence-corrected chi connectivity index (χ3v) is 4.86. The van der Waals surface area contributed by atoms with E-state index in [1.54, 1.807) is 24.2 Å². The fourth-order valence-corrected chi connectivity index (χ4v) is 3.59. The van der Waals surface area contributed by atoms with Crippen molar-refractivity contribution in [2.75, 3.05) is 19.4 Å². The van der Waals surface area contributed by atoms with E-state index in [1.165, 1.54) is 11.3 Å². The lowest BCUT2D eigenvalue weighted by Crippen LogP contribution is -2.40. The summed E-state index contributed by atoms with van der Waals surface area (Å²) in [6.07, 6.45) is 2.49. The number of amides is 1. The van der Waals surface area contributed by atoms with Gasteiger partial charge in [0.15, 0.2) is 0 Å². The number of rotatable bonds is 2. The van der Waals surface area contributed by atoms with Crippen molar-refractivity contribution in [1.29, 1.82) is 0 Å². The van der Waals surface area contributed by atoms with Gasteiger partial charge in [0.25, 0.3) is 5.91 Å². The van der Waals surface area contributed by atoms with Gasteiger partial charge in [-0.25, -0.2) is 0 Å². The summed E-state index contributed by atoms with van der Waals surface area (Å²) in [5.41, 5.74) is 6.56. The standard InChI is InChI=1S/C13H16N4O2S/c1-7-9(4-6-19-7)17(2)13(18)11-10(14)8-3-5-15-16-12(8)20-11/h3,5,7,9H,4,6,14H2,1-2H3. The van der Waals surface area contributed by atoms with Crippen LogP contribution in [-0.2, 0) is 4.74 Å². The fourth-order valence-electron chi connectivity index (χ4n) is 2.57. The third kappa shape index (κ3) is 2.03. The number of likely N-dealkylation sites (N-methyl/N-ethyl adjacent to an activating group) is 1. The first kappa shape index (κ1) is 13.3. The van der Waals surface area contributed by atoms with Crippen molar-refractivity contribution in [3.8, 4) is 0 Å². The zero-order chi connectivity index (χ0) is 14.3. The number of nitrogens with two attached hydrogens (primary N) is 1. The first-order valence-electron chi connectivity index (χ1n) is 6.48. The van der Waals surface area contributed by atoms with Crippen LogP contribution in [0.4, 0.5) is 5.69 Å². The lowest BCUT2D eigenvalue weighted by atomic mass is 10.1. The van der Waals surface area contributed by atoms with Gasteiger partial charge in [-0.15, -0.1) is 16.4 Å². The molecule has 106 valence electrons. The Hall–Kier alpha value is -1.73. The van der Waals surface area contributed by atoms with E-state index in [-0.39, 0.29) is 18.1 Å². The second-order valence-electron chi connectivity index (χ2n) is 4.94. The monoisotopic (exact) mass is 292 g/mol. The molecule has 2 atom stereocenters. The highest BCUT2D eigenvalue weighted by molar-refractivity contribution is 7.21. The molecule has 1 fully saturated rings. The number of anilines is 1. The van der Waals surface area contributed by atoms with Crippen molar-refractivity contribution in [3.63, 3.8) is 0 Å². The number of aromatic nitrogens is 2. The number of thiophene rings is 1. The molecule has 2 N–H and O–H groups in total. The molecule has 1 amide bonds. The van der Waals surface area contributed by atoms with Crippen LogP contribution in [0.15, 0.2) is 12.3 Å². The minimum absolute atomic E-state index is 0.0549. The molecule has 0 saturated carbocycles. The first-order valence-corrected chi connectivity index (χ1v) is 7.29. The summed E-state index contributed by atoms with van der Waals surface area (Å²) < 4.78 is 5.52. The smallest absolute Gasteiger partial charge is 0.266 e. The van der Waals surface area contributed by atoms with Gasteiger partial charge in [0, 0.05) is 19.0 Å². The van der Waals surface area contributed by atoms with Crippen LogP contribution in [0.2, 0.25) is 0 Å². The molecule has 0 aromatic carbocycles. The Morgan fingerprint density at radius 3 is 3.05 bits per heavy atom. The Balaban J connectivity index is 1.94. The van der Waals surface area contributed by atoms with Crippen molar-refractivity contribution in [2.45, 2.75) is 25.5 Å². The maximum atomic E-state index is 12.6. The van der Waals surface area contributed by atoms with Crippen LogP contribution in [0, 0.1) is 0 Å². The zero-order valence-electron chi connectivity index (χ0n) is 11.4. The van der Waals surface area contributed by atoms with E-state index in [0.717, 1.165) is 11.8 Å². The summed E-state index contributed by atoms with van der Waals surface area (Å²) in [5, 5.41) is 8.62. The Labute approximate surface area is 120 Å². The van der Waals surface area contributed by atoms with Crippen LogP contribution < -0.4 is 5.73 Å². The predicted octanol–water partition coefficient (Wildman–Crippen LogP) is 1.52. The van der Waals surface area contributed by atoms with Crippen LogP contribution >= 0.6 is 11.3 Å². The highest BCUT2D eigenvalue weighted by Gasteiger charge is 2.32. The average molecular weight is 292 g/mol. The molecule has 2 unspecified atom stereocenters. The number of nitrogens with zero attached hydrogens (tertiary/aromatic N) is 3. The third-order valence-electron chi connectivity index (χ3n) is 3.77. The van der Waals surface area contributed by atoms with E-state index in [0.29, 0.717) is 22.0 Å². The summed E-state index contributed by atoms with van der Waals surface area (Å²) in [6.45, 7) is 2.68. The number of hydrogen-bond acceptors (Lipinski definition) is 6. The molecule has 20 heavy (non-hydrogen) atoms. The van der Waals surface area contributed by atoms with Gasteiger partial charge >= 0.3 is 0 Å². The van der Waals surface area contributed by atoms with E-state index < -0.39 is 0 Å². The SMILES string of the molecule is CC1OCCC1N(C)C(=O)c1sc2nnccc2c1N. The number of nitrogen functional groups attached to an aromatic ring is 1. The molecule has 0 aliphatic carbocycles. The molecule has 1 saturated heterocycles. The highest BCUT2D eigenvalue weighted by Crippen LogP contribution is 2.33. The van der Waals surface area contributed by atoms with Crippen molar-refractivity contribution in [2.24, 2.45) is 0 Å². The maximum absolute atomic E-state index is 12.6. The van der Waals surface area contributed by atoms with Gasteiger partial charge in [0.1, 0.15) is 9.71 Å². The Morgan fingerprint density at radius 2 is 2.40 bits per heavy atom. The second kappa shape index (κ2) is 4.99. The van der Waals surface area contributed by atoms with E-state index in [2.05, 4.69) is 10.2 Å². The van der Waals surface area contributed by atoms with E-state index in [4.69, 9.17) is 10.5 Å². The van der Waals surface area contributed by atoms with E-state index in [1.807, 2.05) is 6.92 Å². The largest absolute Gasteiger partial charge is 0.397 e. The van der Waals surface area contributed by atoms with Crippen molar-refractivity contribution in [3.05, 3.63) is 17.1 Å². The van der Waals surface area contributed by atoms with E-state index >= 15 is 0 Å².